The van der Waals surface area contributed by atoms with Crippen LogP contribution in [0.1, 0.15) is 12.5 Å². The monoisotopic (exact) mass is 285 g/mol. The van der Waals surface area contributed by atoms with Gasteiger partial charge in [0.1, 0.15) is 5.75 Å². The molecule has 5 nitrogen and oxygen atoms in total. The van der Waals surface area contributed by atoms with Crippen LogP contribution in [0.25, 0.3) is 0 Å². The molecule has 1 aromatic rings. The Bertz CT molecular complexity index is 536. The fraction of sp³-hybridized carbons (Fsp3) is 0.538. The quantitative estimate of drug-likeness (QED) is 0.839. The number of aryl methyl sites for hydroxylation is 1. The molecule has 0 N–H and O–H groups in total. The lowest BCUT2D eigenvalue weighted by atomic mass is 10.2. The van der Waals surface area contributed by atoms with Gasteiger partial charge in [0, 0.05) is 13.1 Å². The minimum absolute atomic E-state index is 0.345. The summed E-state index contributed by atoms with van der Waals surface area (Å²) in [6.45, 7) is 5.98. The first-order chi connectivity index (χ1) is 9.05. The zero-order chi connectivity index (χ0) is 13.9. The summed E-state index contributed by atoms with van der Waals surface area (Å²) in [5.74, 6) is 0.695. The predicted octanol–water partition coefficient (Wildman–Crippen LogP) is 1.41. The summed E-state index contributed by atoms with van der Waals surface area (Å²) in [6.07, 6.45) is 0. The largest absolute Gasteiger partial charge is 0.494 e. The maximum atomic E-state index is 12.5. The first-order valence-electron chi connectivity index (χ1n) is 6.37. The SMILES string of the molecule is CCOc1ccc(S(=O)(=O)N2CCOCC2)c(C)c1. The Hall–Kier alpha value is -1.11. The first kappa shape index (κ1) is 14.3. The molecule has 0 amide bonds. The van der Waals surface area contributed by atoms with Gasteiger partial charge in [-0.15, -0.1) is 0 Å². The van der Waals surface area contributed by atoms with Crippen molar-refractivity contribution in [2.45, 2.75) is 18.7 Å². The number of nitrogens with zero attached hydrogens (tertiary/aromatic N) is 1. The van der Waals surface area contributed by atoms with E-state index >= 15 is 0 Å². The van der Waals surface area contributed by atoms with Crippen LogP contribution in [0.5, 0.6) is 5.75 Å². The van der Waals surface area contributed by atoms with Crippen molar-refractivity contribution in [1.82, 2.24) is 4.31 Å². The van der Waals surface area contributed by atoms with Gasteiger partial charge in [0.05, 0.1) is 24.7 Å². The summed E-state index contributed by atoms with van der Waals surface area (Å²) < 4.78 is 37.0. The number of morpholine rings is 1. The Labute approximate surface area is 114 Å². The van der Waals surface area contributed by atoms with E-state index in [1.165, 1.54) is 4.31 Å². The minimum Gasteiger partial charge on any atom is -0.494 e. The molecule has 1 saturated heterocycles. The number of hydrogen-bond acceptors (Lipinski definition) is 4. The van der Waals surface area contributed by atoms with Crippen LogP contribution < -0.4 is 4.74 Å². The van der Waals surface area contributed by atoms with Crippen molar-refractivity contribution >= 4 is 10.0 Å². The van der Waals surface area contributed by atoms with Crippen molar-refractivity contribution in [3.63, 3.8) is 0 Å². The molecule has 0 aromatic heterocycles. The minimum atomic E-state index is -3.43. The summed E-state index contributed by atoms with van der Waals surface area (Å²) in [6, 6.07) is 5.08. The molecule has 1 aliphatic rings. The molecule has 2 rings (SSSR count). The fourth-order valence-corrected chi connectivity index (χ4v) is 3.71. The highest BCUT2D eigenvalue weighted by atomic mass is 32.2. The van der Waals surface area contributed by atoms with Crippen LogP contribution in [0.2, 0.25) is 0 Å². The van der Waals surface area contributed by atoms with Gasteiger partial charge in [-0.2, -0.15) is 4.31 Å². The van der Waals surface area contributed by atoms with Crippen molar-refractivity contribution in [3.05, 3.63) is 23.8 Å². The number of hydrogen-bond donors (Lipinski definition) is 0. The molecule has 1 heterocycles. The predicted molar refractivity (Wildman–Crippen MR) is 71.9 cm³/mol. The van der Waals surface area contributed by atoms with E-state index in [1.54, 1.807) is 25.1 Å². The topological polar surface area (TPSA) is 55.8 Å². The number of ether oxygens (including phenoxy) is 2. The zero-order valence-electron chi connectivity index (χ0n) is 11.3. The highest BCUT2D eigenvalue weighted by molar-refractivity contribution is 7.89. The maximum absolute atomic E-state index is 12.5. The Morgan fingerprint density at radius 3 is 2.58 bits per heavy atom. The van der Waals surface area contributed by atoms with Gasteiger partial charge in [0.2, 0.25) is 10.0 Å². The molecule has 0 spiro atoms. The molecule has 1 fully saturated rings. The second kappa shape index (κ2) is 5.90. The van der Waals surface area contributed by atoms with E-state index in [1.807, 2.05) is 6.92 Å². The lowest BCUT2D eigenvalue weighted by molar-refractivity contribution is 0.0730. The maximum Gasteiger partial charge on any atom is 0.243 e. The molecular weight excluding hydrogens is 266 g/mol. The molecular formula is C13H19NO4S. The second-order valence-corrected chi connectivity index (χ2v) is 6.28. The molecule has 6 heteroatoms. The van der Waals surface area contributed by atoms with Crippen LogP contribution in [0.4, 0.5) is 0 Å². The fourth-order valence-electron chi connectivity index (χ4n) is 2.09. The van der Waals surface area contributed by atoms with E-state index in [2.05, 4.69) is 0 Å². The molecule has 19 heavy (non-hydrogen) atoms. The third kappa shape index (κ3) is 3.08. The van der Waals surface area contributed by atoms with Crippen LogP contribution >= 0.6 is 0 Å². The van der Waals surface area contributed by atoms with Gasteiger partial charge in [0.25, 0.3) is 0 Å². The molecule has 106 valence electrons. The normalized spacial score (nSPS) is 17.4. The molecule has 0 radical (unpaired) electrons. The number of sulfonamides is 1. The van der Waals surface area contributed by atoms with Gasteiger partial charge in [-0.05, 0) is 37.6 Å². The highest BCUT2D eigenvalue weighted by Crippen LogP contribution is 2.24. The summed E-state index contributed by atoms with van der Waals surface area (Å²) in [5, 5.41) is 0. The van der Waals surface area contributed by atoms with Crippen molar-refractivity contribution < 1.29 is 17.9 Å². The summed E-state index contributed by atoms with van der Waals surface area (Å²) in [7, 11) is -3.43. The van der Waals surface area contributed by atoms with Crippen LogP contribution in [0, 0.1) is 6.92 Å². The average molecular weight is 285 g/mol. The van der Waals surface area contributed by atoms with Gasteiger partial charge in [-0.1, -0.05) is 0 Å². The Morgan fingerprint density at radius 1 is 1.32 bits per heavy atom. The summed E-state index contributed by atoms with van der Waals surface area (Å²) >= 11 is 0. The third-order valence-electron chi connectivity index (χ3n) is 3.05. The van der Waals surface area contributed by atoms with Gasteiger partial charge in [-0.25, -0.2) is 8.42 Å². The van der Waals surface area contributed by atoms with E-state index in [0.717, 1.165) is 0 Å². The lowest BCUT2D eigenvalue weighted by Crippen LogP contribution is -2.40. The highest BCUT2D eigenvalue weighted by Gasteiger charge is 2.27. The first-order valence-corrected chi connectivity index (χ1v) is 7.81. The Kier molecular flexibility index (Phi) is 4.44. The lowest BCUT2D eigenvalue weighted by Gasteiger charge is -2.26. The third-order valence-corrected chi connectivity index (χ3v) is 5.10. The van der Waals surface area contributed by atoms with Crippen molar-refractivity contribution in [3.8, 4) is 5.75 Å². The van der Waals surface area contributed by atoms with E-state index in [9.17, 15) is 8.42 Å². The Balaban J connectivity index is 2.29. The molecule has 0 unspecified atom stereocenters. The molecule has 0 aliphatic carbocycles. The van der Waals surface area contributed by atoms with E-state index in [-0.39, 0.29) is 0 Å². The van der Waals surface area contributed by atoms with Crippen LogP contribution in [0.3, 0.4) is 0 Å². The van der Waals surface area contributed by atoms with Crippen molar-refractivity contribution in [1.29, 1.82) is 0 Å². The molecule has 1 aliphatic heterocycles. The van der Waals surface area contributed by atoms with Gasteiger partial charge < -0.3 is 9.47 Å². The Morgan fingerprint density at radius 2 is 2.00 bits per heavy atom. The van der Waals surface area contributed by atoms with Gasteiger partial charge in [-0.3, -0.25) is 0 Å². The number of benzene rings is 1. The van der Waals surface area contributed by atoms with E-state index in [0.29, 0.717) is 49.1 Å². The molecule has 1 aromatic carbocycles. The zero-order valence-corrected chi connectivity index (χ0v) is 12.1. The molecule has 0 atom stereocenters. The van der Waals surface area contributed by atoms with Crippen molar-refractivity contribution in [2.24, 2.45) is 0 Å². The van der Waals surface area contributed by atoms with Crippen LogP contribution in [-0.2, 0) is 14.8 Å². The summed E-state index contributed by atoms with van der Waals surface area (Å²) in [4.78, 5) is 0.345. The number of rotatable bonds is 4. The molecule has 0 saturated carbocycles. The van der Waals surface area contributed by atoms with Crippen LogP contribution in [-0.4, -0.2) is 45.6 Å². The van der Waals surface area contributed by atoms with E-state index < -0.39 is 10.0 Å². The van der Waals surface area contributed by atoms with Crippen molar-refractivity contribution in [2.75, 3.05) is 32.9 Å². The standard InChI is InChI=1S/C13H19NO4S/c1-3-18-12-4-5-13(11(2)10-12)19(15,16)14-6-8-17-9-7-14/h4-5,10H,3,6-9H2,1-2H3. The van der Waals surface area contributed by atoms with E-state index in [4.69, 9.17) is 9.47 Å². The average Bonchev–Trinajstić information content (AvgIpc) is 2.40. The summed E-state index contributed by atoms with van der Waals surface area (Å²) in [5.41, 5.74) is 0.706. The smallest absolute Gasteiger partial charge is 0.243 e. The molecule has 0 bridgehead atoms. The van der Waals surface area contributed by atoms with Gasteiger partial charge in [0.15, 0.2) is 0 Å². The second-order valence-electron chi connectivity index (χ2n) is 4.38. The van der Waals surface area contributed by atoms with Gasteiger partial charge >= 0.3 is 0 Å². The van der Waals surface area contributed by atoms with Crippen LogP contribution in [0.15, 0.2) is 23.1 Å².